The zero-order chi connectivity index (χ0) is 21.3. The van der Waals surface area contributed by atoms with Crippen LogP contribution >= 0.6 is 0 Å². The molecule has 30 heavy (non-hydrogen) atoms. The van der Waals surface area contributed by atoms with Crippen LogP contribution in [0.15, 0.2) is 59.8 Å². The summed E-state index contributed by atoms with van der Waals surface area (Å²) in [6.45, 7) is 1.73. The van der Waals surface area contributed by atoms with E-state index < -0.39 is 11.0 Å². The Labute approximate surface area is 170 Å². The predicted octanol–water partition coefficient (Wildman–Crippen LogP) is 2.52. The fourth-order valence-corrected chi connectivity index (χ4v) is 3.35. The largest absolute Gasteiger partial charge is 0.490 e. The van der Waals surface area contributed by atoms with Gasteiger partial charge in [0.15, 0.2) is 5.75 Å². The van der Waals surface area contributed by atoms with Crippen molar-refractivity contribution in [3.8, 4) is 5.75 Å². The number of rotatable bonds is 5. The molecule has 0 bridgehead atoms. The third-order valence-corrected chi connectivity index (χ3v) is 4.71. The van der Waals surface area contributed by atoms with Crippen LogP contribution < -0.4 is 15.4 Å². The van der Waals surface area contributed by atoms with E-state index in [0.717, 1.165) is 0 Å². The molecule has 0 saturated heterocycles. The smallest absolute Gasteiger partial charge is 0.311 e. The van der Waals surface area contributed by atoms with Gasteiger partial charge in [0.2, 0.25) is 5.95 Å². The number of allylic oxidation sites excluding steroid dienone is 1. The summed E-state index contributed by atoms with van der Waals surface area (Å²) in [7, 11) is 1.36. The van der Waals surface area contributed by atoms with E-state index in [-0.39, 0.29) is 17.3 Å². The van der Waals surface area contributed by atoms with Crippen molar-refractivity contribution in [3.63, 3.8) is 0 Å². The van der Waals surface area contributed by atoms with Gasteiger partial charge in [-0.15, -0.1) is 0 Å². The summed E-state index contributed by atoms with van der Waals surface area (Å²) in [5.41, 5.74) is 1.73. The lowest BCUT2D eigenvalue weighted by molar-refractivity contribution is -0.385. The maximum atomic E-state index is 13.2. The second-order valence-corrected chi connectivity index (χ2v) is 6.52. The van der Waals surface area contributed by atoms with E-state index in [1.807, 2.05) is 6.07 Å². The van der Waals surface area contributed by atoms with E-state index in [4.69, 9.17) is 4.74 Å². The van der Waals surface area contributed by atoms with Gasteiger partial charge in [0.05, 0.1) is 17.6 Å². The number of carbonyl (C=O) groups is 1. The summed E-state index contributed by atoms with van der Waals surface area (Å²) in [6, 6.07) is 12.7. The summed E-state index contributed by atoms with van der Waals surface area (Å²) in [5, 5.41) is 28.9. The number of carbonyl (C=O) groups excluding carboxylic acids is 1. The Morgan fingerprint density at radius 1 is 1.27 bits per heavy atom. The monoisotopic (exact) mass is 407 g/mol. The molecule has 11 heteroatoms. The number of fused-ring (bicyclic) bond motifs is 1. The number of para-hydroxylation sites is 1. The van der Waals surface area contributed by atoms with Gasteiger partial charge in [0, 0.05) is 17.5 Å². The highest BCUT2D eigenvalue weighted by Gasteiger charge is 2.35. The first-order valence-corrected chi connectivity index (χ1v) is 8.94. The van der Waals surface area contributed by atoms with Gasteiger partial charge in [-0.1, -0.05) is 29.4 Å². The van der Waals surface area contributed by atoms with Crippen LogP contribution in [0.4, 0.5) is 17.3 Å². The lowest BCUT2D eigenvalue weighted by Crippen LogP contribution is -2.31. The molecule has 1 atom stereocenters. The number of anilines is 2. The Morgan fingerprint density at radius 2 is 2.03 bits per heavy atom. The average molecular weight is 407 g/mol. The molecule has 0 saturated carbocycles. The SMILES string of the molecule is COc1ccc(C2C(C(=O)Nc3ccccc3)=C(C)Nc3nnnn32)cc1[N+](=O)[O-]. The molecule has 1 amide bonds. The van der Waals surface area contributed by atoms with Crippen LogP contribution in [0.2, 0.25) is 0 Å². The summed E-state index contributed by atoms with van der Waals surface area (Å²) >= 11 is 0. The van der Waals surface area contributed by atoms with Gasteiger partial charge in [0.25, 0.3) is 5.91 Å². The van der Waals surface area contributed by atoms with Gasteiger partial charge in [-0.25, -0.2) is 0 Å². The molecule has 1 aliphatic rings. The fraction of sp³-hybridized carbons (Fsp3) is 0.158. The molecule has 0 radical (unpaired) electrons. The van der Waals surface area contributed by atoms with Crippen LogP contribution in [-0.4, -0.2) is 38.1 Å². The Hall–Kier alpha value is -4.28. The zero-order valence-corrected chi connectivity index (χ0v) is 16.1. The van der Waals surface area contributed by atoms with Crippen LogP contribution in [0.3, 0.4) is 0 Å². The second kappa shape index (κ2) is 7.62. The molecule has 0 spiro atoms. The first-order valence-electron chi connectivity index (χ1n) is 8.94. The van der Waals surface area contributed by atoms with Gasteiger partial charge in [-0.3, -0.25) is 14.9 Å². The normalized spacial score (nSPS) is 15.2. The lowest BCUT2D eigenvalue weighted by atomic mass is 9.94. The third-order valence-electron chi connectivity index (χ3n) is 4.71. The topological polar surface area (TPSA) is 137 Å². The number of nitrogens with zero attached hydrogens (tertiary/aromatic N) is 5. The summed E-state index contributed by atoms with van der Waals surface area (Å²) in [4.78, 5) is 24.2. The van der Waals surface area contributed by atoms with Crippen LogP contribution in [-0.2, 0) is 4.79 Å². The number of hydrogen-bond donors (Lipinski definition) is 2. The maximum Gasteiger partial charge on any atom is 0.311 e. The molecule has 3 aromatic rings. The van der Waals surface area contributed by atoms with Crippen molar-refractivity contribution in [2.75, 3.05) is 17.7 Å². The molecular formula is C19H17N7O4. The molecule has 2 N–H and O–H groups in total. The van der Waals surface area contributed by atoms with Gasteiger partial charge in [-0.05, 0) is 41.1 Å². The van der Waals surface area contributed by atoms with Gasteiger partial charge in [0.1, 0.15) is 6.04 Å². The quantitative estimate of drug-likeness (QED) is 0.486. The standard InChI is InChI=1S/C19H17N7O4/c1-11-16(18(27)21-13-6-4-3-5-7-13)17(25-19(20-11)22-23-24-25)12-8-9-15(30-2)14(10-12)26(28)29/h3-10,17H,1-2H3,(H,21,27)(H,20,22,24). The van der Waals surface area contributed by atoms with Crippen LogP contribution in [0.5, 0.6) is 5.75 Å². The number of nitro benzene ring substituents is 1. The van der Waals surface area contributed by atoms with Crippen molar-refractivity contribution < 1.29 is 14.5 Å². The number of benzene rings is 2. The number of methoxy groups -OCH3 is 1. The maximum absolute atomic E-state index is 13.2. The molecular weight excluding hydrogens is 390 g/mol. The highest BCUT2D eigenvalue weighted by molar-refractivity contribution is 6.06. The second-order valence-electron chi connectivity index (χ2n) is 6.52. The van der Waals surface area contributed by atoms with Crippen LogP contribution in [0.1, 0.15) is 18.5 Å². The first kappa shape index (κ1) is 19.1. The molecule has 11 nitrogen and oxygen atoms in total. The van der Waals surface area contributed by atoms with E-state index in [9.17, 15) is 14.9 Å². The molecule has 2 heterocycles. The average Bonchev–Trinajstić information content (AvgIpc) is 3.20. The number of nitro groups is 1. The number of nitrogens with one attached hydrogen (secondary N) is 2. The van der Waals surface area contributed by atoms with E-state index in [2.05, 4.69) is 26.2 Å². The molecule has 0 fully saturated rings. The minimum atomic E-state index is -0.774. The Morgan fingerprint density at radius 3 is 2.73 bits per heavy atom. The molecule has 0 aliphatic carbocycles. The number of ether oxygens (including phenoxy) is 1. The molecule has 1 aromatic heterocycles. The lowest BCUT2D eigenvalue weighted by Gasteiger charge is -2.28. The van der Waals surface area contributed by atoms with Crippen molar-refractivity contribution in [3.05, 3.63) is 75.5 Å². The fourth-order valence-electron chi connectivity index (χ4n) is 3.35. The van der Waals surface area contributed by atoms with Crippen LogP contribution in [0, 0.1) is 10.1 Å². The van der Waals surface area contributed by atoms with Gasteiger partial charge >= 0.3 is 5.69 Å². The van der Waals surface area contributed by atoms with Crippen molar-refractivity contribution in [1.29, 1.82) is 0 Å². The summed E-state index contributed by atoms with van der Waals surface area (Å²) < 4.78 is 6.50. The van der Waals surface area contributed by atoms with Crippen molar-refractivity contribution in [2.24, 2.45) is 0 Å². The minimum Gasteiger partial charge on any atom is -0.490 e. The molecule has 1 aliphatic heterocycles. The summed E-state index contributed by atoms with van der Waals surface area (Å²) in [5.74, 6) is 0.0636. The minimum absolute atomic E-state index is 0.116. The van der Waals surface area contributed by atoms with Crippen molar-refractivity contribution >= 4 is 23.2 Å². The number of hydrogen-bond acceptors (Lipinski definition) is 8. The Balaban J connectivity index is 1.82. The number of tetrazole rings is 1. The predicted molar refractivity (Wildman–Crippen MR) is 107 cm³/mol. The Bertz CT molecular complexity index is 1160. The van der Waals surface area contributed by atoms with E-state index in [0.29, 0.717) is 28.5 Å². The van der Waals surface area contributed by atoms with E-state index in [1.165, 1.54) is 23.9 Å². The molecule has 1 unspecified atom stereocenters. The van der Waals surface area contributed by atoms with Gasteiger partial charge < -0.3 is 15.4 Å². The van der Waals surface area contributed by atoms with E-state index >= 15 is 0 Å². The molecule has 2 aromatic carbocycles. The number of aromatic nitrogens is 4. The molecule has 152 valence electrons. The Kier molecular flexibility index (Phi) is 4.84. The van der Waals surface area contributed by atoms with Gasteiger partial charge in [-0.2, -0.15) is 4.68 Å². The highest BCUT2D eigenvalue weighted by atomic mass is 16.6. The van der Waals surface area contributed by atoms with Crippen LogP contribution in [0.25, 0.3) is 0 Å². The van der Waals surface area contributed by atoms with E-state index in [1.54, 1.807) is 37.3 Å². The molecule has 4 rings (SSSR count). The van der Waals surface area contributed by atoms with Crippen molar-refractivity contribution in [2.45, 2.75) is 13.0 Å². The summed E-state index contributed by atoms with van der Waals surface area (Å²) in [6.07, 6.45) is 0. The van der Waals surface area contributed by atoms with Crippen molar-refractivity contribution in [1.82, 2.24) is 20.2 Å². The first-order chi connectivity index (χ1) is 14.5. The zero-order valence-electron chi connectivity index (χ0n) is 16.1. The number of amides is 1. The third kappa shape index (κ3) is 3.32. The highest BCUT2D eigenvalue weighted by Crippen LogP contribution is 2.38.